The Bertz CT molecular complexity index is 1530. The van der Waals surface area contributed by atoms with Gasteiger partial charge in [0.25, 0.3) is 11.8 Å². The van der Waals surface area contributed by atoms with Crippen LogP contribution in [0.1, 0.15) is 56.3 Å². The van der Waals surface area contributed by atoms with Crippen molar-refractivity contribution in [2.45, 2.75) is 25.8 Å². The van der Waals surface area contributed by atoms with Gasteiger partial charge in [-0.15, -0.1) is 0 Å². The predicted octanol–water partition coefficient (Wildman–Crippen LogP) is 4.72. The Hall–Kier alpha value is -4.90. The summed E-state index contributed by atoms with van der Waals surface area (Å²) in [7, 11) is 1.56. The lowest BCUT2D eigenvalue weighted by atomic mass is 10.0. The van der Waals surface area contributed by atoms with Crippen molar-refractivity contribution in [2.24, 2.45) is 0 Å². The van der Waals surface area contributed by atoms with Crippen molar-refractivity contribution in [1.29, 1.82) is 0 Å². The van der Waals surface area contributed by atoms with Crippen LogP contribution in [0, 0.1) is 18.8 Å². The molecule has 1 aliphatic rings. The SMILES string of the molecule is COc1ncc(C(=O)N2CCC(n3cc(NC(=O)c4ccc(C#Cc5ccccc5)cc4)cn3)CC2)cc1C. The van der Waals surface area contributed by atoms with Crippen LogP contribution in [0.25, 0.3) is 0 Å². The largest absolute Gasteiger partial charge is 0.481 e. The van der Waals surface area contributed by atoms with Gasteiger partial charge in [0.2, 0.25) is 5.88 Å². The molecule has 0 spiro atoms. The minimum absolute atomic E-state index is 0.0304. The van der Waals surface area contributed by atoms with Crippen molar-refractivity contribution in [3.63, 3.8) is 0 Å². The quantitative estimate of drug-likeness (QED) is 0.385. The summed E-state index contributed by atoms with van der Waals surface area (Å²) in [6, 6.07) is 18.9. The van der Waals surface area contributed by atoms with E-state index >= 15 is 0 Å². The number of pyridine rings is 1. The van der Waals surface area contributed by atoms with Gasteiger partial charge in [-0.3, -0.25) is 14.3 Å². The zero-order chi connectivity index (χ0) is 27.2. The maximum absolute atomic E-state index is 12.9. The molecule has 1 saturated heterocycles. The van der Waals surface area contributed by atoms with E-state index in [1.165, 1.54) is 0 Å². The molecule has 0 saturated carbocycles. The third-order valence-electron chi connectivity index (χ3n) is 6.73. The van der Waals surface area contributed by atoms with Crippen LogP contribution in [0.4, 0.5) is 5.69 Å². The van der Waals surface area contributed by atoms with Crippen molar-refractivity contribution < 1.29 is 14.3 Å². The van der Waals surface area contributed by atoms with Crippen molar-refractivity contribution in [3.05, 3.63) is 107 Å². The van der Waals surface area contributed by atoms with Crippen LogP contribution in [0.3, 0.4) is 0 Å². The molecule has 5 rings (SSSR count). The summed E-state index contributed by atoms with van der Waals surface area (Å²) in [5, 5.41) is 7.39. The van der Waals surface area contributed by atoms with Crippen LogP contribution in [0.2, 0.25) is 0 Å². The molecule has 8 heteroatoms. The summed E-state index contributed by atoms with van der Waals surface area (Å²) in [4.78, 5) is 31.8. The van der Waals surface area contributed by atoms with Gasteiger partial charge in [0.1, 0.15) is 0 Å². The zero-order valence-corrected chi connectivity index (χ0v) is 21.9. The summed E-state index contributed by atoms with van der Waals surface area (Å²) in [6.07, 6.45) is 6.61. The molecule has 0 unspecified atom stereocenters. The number of amides is 2. The van der Waals surface area contributed by atoms with E-state index in [2.05, 4.69) is 27.2 Å². The van der Waals surface area contributed by atoms with E-state index in [9.17, 15) is 9.59 Å². The molecule has 1 N–H and O–H groups in total. The summed E-state index contributed by atoms with van der Waals surface area (Å²) >= 11 is 0. The van der Waals surface area contributed by atoms with E-state index in [0.29, 0.717) is 35.8 Å². The summed E-state index contributed by atoms with van der Waals surface area (Å²) in [6.45, 7) is 3.12. The Labute approximate surface area is 227 Å². The zero-order valence-electron chi connectivity index (χ0n) is 21.9. The van der Waals surface area contributed by atoms with Crippen LogP contribution < -0.4 is 10.1 Å². The standard InChI is InChI=1S/C31H29N5O3/c1-22-18-26(19-32-30(22)39-2)31(38)35-16-14-28(15-17-35)36-21-27(20-33-36)34-29(37)25-12-10-24(11-13-25)9-8-23-6-4-3-5-7-23/h3-7,10-13,18-21,28H,14-17H2,1-2H3,(H,34,37). The van der Waals surface area contributed by atoms with E-state index in [1.807, 2.05) is 71.2 Å². The van der Waals surface area contributed by atoms with Gasteiger partial charge in [-0.2, -0.15) is 5.10 Å². The van der Waals surface area contributed by atoms with Crippen LogP contribution in [-0.2, 0) is 0 Å². The lowest BCUT2D eigenvalue weighted by Gasteiger charge is -2.32. The lowest BCUT2D eigenvalue weighted by molar-refractivity contribution is 0.0689. The summed E-state index contributed by atoms with van der Waals surface area (Å²) in [5.74, 6) is 6.52. The number of carbonyl (C=O) groups is 2. The Morgan fingerprint density at radius 3 is 2.31 bits per heavy atom. The van der Waals surface area contributed by atoms with Gasteiger partial charge in [0.05, 0.1) is 30.6 Å². The first-order valence-corrected chi connectivity index (χ1v) is 12.8. The van der Waals surface area contributed by atoms with E-state index in [-0.39, 0.29) is 17.9 Å². The molecule has 1 aliphatic heterocycles. The highest BCUT2D eigenvalue weighted by atomic mass is 16.5. The number of ether oxygens (including phenoxy) is 1. The molecule has 0 bridgehead atoms. The van der Waals surface area contributed by atoms with Crippen LogP contribution in [-0.4, -0.2) is 51.7 Å². The highest BCUT2D eigenvalue weighted by molar-refractivity contribution is 6.04. The Morgan fingerprint density at radius 2 is 1.64 bits per heavy atom. The molecule has 4 aromatic rings. The van der Waals surface area contributed by atoms with Crippen molar-refractivity contribution in [1.82, 2.24) is 19.7 Å². The second-order valence-electron chi connectivity index (χ2n) is 9.43. The first-order chi connectivity index (χ1) is 19.0. The molecule has 196 valence electrons. The maximum Gasteiger partial charge on any atom is 0.255 e. The summed E-state index contributed by atoms with van der Waals surface area (Å²) < 4.78 is 7.06. The minimum atomic E-state index is -0.207. The topological polar surface area (TPSA) is 89.4 Å². The van der Waals surface area contributed by atoms with Gasteiger partial charge >= 0.3 is 0 Å². The van der Waals surface area contributed by atoms with Gasteiger partial charge in [0.15, 0.2) is 0 Å². The van der Waals surface area contributed by atoms with Crippen LogP contribution in [0.5, 0.6) is 5.88 Å². The van der Waals surface area contributed by atoms with Gasteiger partial charge in [-0.1, -0.05) is 30.0 Å². The molecule has 0 atom stereocenters. The fourth-order valence-electron chi connectivity index (χ4n) is 4.59. The number of aromatic nitrogens is 3. The number of rotatable bonds is 5. The highest BCUT2D eigenvalue weighted by Crippen LogP contribution is 2.25. The van der Waals surface area contributed by atoms with Gasteiger partial charge in [0, 0.05) is 47.7 Å². The molecule has 2 aromatic heterocycles. The summed E-state index contributed by atoms with van der Waals surface area (Å²) in [5.41, 5.74) is 4.35. The van der Waals surface area contributed by atoms with Gasteiger partial charge in [-0.25, -0.2) is 4.98 Å². The molecule has 1 fully saturated rings. The van der Waals surface area contributed by atoms with E-state index in [4.69, 9.17) is 4.74 Å². The van der Waals surface area contributed by atoms with Crippen molar-refractivity contribution in [2.75, 3.05) is 25.5 Å². The third-order valence-corrected chi connectivity index (χ3v) is 6.73. The number of carbonyl (C=O) groups excluding carboxylic acids is 2. The van der Waals surface area contributed by atoms with E-state index in [1.54, 1.807) is 31.6 Å². The Balaban J connectivity index is 1.14. The fourth-order valence-corrected chi connectivity index (χ4v) is 4.59. The molecule has 2 aromatic carbocycles. The normalized spacial score (nSPS) is 13.3. The molecule has 39 heavy (non-hydrogen) atoms. The second kappa shape index (κ2) is 11.7. The maximum atomic E-state index is 12.9. The number of aryl methyl sites for hydroxylation is 1. The van der Waals surface area contributed by atoms with E-state index < -0.39 is 0 Å². The molecule has 3 heterocycles. The van der Waals surface area contributed by atoms with Crippen molar-refractivity contribution >= 4 is 17.5 Å². The van der Waals surface area contributed by atoms with Crippen LogP contribution >= 0.6 is 0 Å². The number of likely N-dealkylation sites (tertiary alicyclic amines) is 1. The Kier molecular flexibility index (Phi) is 7.69. The molecular weight excluding hydrogens is 490 g/mol. The second-order valence-corrected chi connectivity index (χ2v) is 9.43. The van der Waals surface area contributed by atoms with Crippen molar-refractivity contribution in [3.8, 4) is 17.7 Å². The third kappa shape index (κ3) is 6.16. The molecule has 0 radical (unpaired) electrons. The Morgan fingerprint density at radius 1 is 0.949 bits per heavy atom. The smallest absolute Gasteiger partial charge is 0.255 e. The lowest BCUT2D eigenvalue weighted by Crippen LogP contribution is -2.39. The van der Waals surface area contributed by atoms with Crippen LogP contribution in [0.15, 0.2) is 79.3 Å². The monoisotopic (exact) mass is 519 g/mol. The first kappa shape index (κ1) is 25.7. The number of hydrogen-bond acceptors (Lipinski definition) is 5. The molecular formula is C31H29N5O3. The van der Waals surface area contributed by atoms with E-state index in [0.717, 1.165) is 29.5 Å². The number of nitrogens with zero attached hydrogens (tertiary/aromatic N) is 4. The van der Waals surface area contributed by atoms with Gasteiger partial charge < -0.3 is 15.0 Å². The molecule has 2 amide bonds. The highest BCUT2D eigenvalue weighted by Gasteiger charge is 2.26. The number of nitrogens with one attached hydrogen (secondary N) is 1. The molecule has 8 nitrogen and oxygen atoms in total. The average molecular weight is 520 g/mol. The number of anilines is 1. The fraction of sp³-hybridized carbons (Fsp3) is 0.226. The van der Waals surface area contributed by atoms with Gasteiger partial charge in [-0.05, 0) is 62.2 Å². The number of hydrogen-bond donors (Lipinski definition) is 1. The predicted molar refractivity (Wildman–Crippen MR) is 149 cm³/mol. The number of methoxy groups -OCH3 is 1. The number of benzene rings is 2. The first-order valence-electron chi connectivity index (χ1n) is 12.8. The molecule has 0 aliphatic carbocycles. The minimum Gasteiger partial charge on any atom is -0.481 e. The average Bonchev–Trinajstić information content (AvgIpc) is 3.45. The number of piperidine rings is 1.